The summed E-state index contributed by atoms with van der Waals surface area (Å²) in [5, 5.41) is 3.25. The number of rotatable bonds is 7. The number of benzene rings is 2. The average molecular weight is 418 g/mol. The average Bonchev–Trinajstić information content (AvgIpc) is 2.79. The topological polar surface area (TPSA) is 45.2 Å². The van der Waals surface area contributed by atoms with Crippen LogP contribution in [0.25, 0.3) is 0 Å². The van der Waals surface area contributed by atoms with E-state index in [9.17, 15) is 9.18 Å². The predicted octanol–water partition coefficient (Wildman–Crippen LogP) is 4.53. The normalized spacial score (nSPS) is 16.0. The Morgan fingerprint density at radius 2 is 1.74 bits per heavy atom. The van der Waals surface area contributed by atoms with Gasteiger partial charge in [-0.2, -0.15) is 0 Å². The minimum atomic E-state index is -0.191. The second-order valence-corrected chi connectivity index (χ2v) is 8.21. The predicted molar refractivity (Wildman–Crippen MR) is 120 cm³/mol. The van der Waals surface area contributed by atoms with Crippen molar-refractivity contribution in [2.24, 2.45) is 5.92 Å². The lowest BCUT2D eigenvalue weighted by molar-refractivity contribution is -0.121. The van der Waals surface area contributed by atoms with Crippen LogP contribution < -0.4 is 5.32 Å². The first-order chi connectivity index (χ1) is 15.2. The molecule has 1 unspecified atom stereocenters. The Morgan fingerprint density at radius 3 is 2.45 bits per heavy atom. The van der Waals surface area contributed by atoms with Crippen LogP contribution in [-0.4, -0.2) is 28.9 Å². The van der Waals surface area contributed by atoms with Crippen molar-refractivity contribution in [1.29, 1.82) is 0 Å². The number of halogens is 1. The van der Waals surface area contributed by atoms with Gasteiger partial charge in [0, 0.05) is 12.7 Å². The molecule has 2 aromatic carbocycles. The van der Waals surface area contributed by atoms with Crippen molar-refractivity contribution in [2.75, 3.05) is 13.1 Å². The first-order valence-electron chi connectivity index (χ1n) is 10.9. The first kappa shape index (κ1) is 21.2. The Bertz CT molecular complexity index is 972. The van der Waals surface area contributed by atoms with E-state index >= 15 is 0 Å². The Balaban J connectivity index is 1.40. The molecule has 160 valence electrons. The Morgan fingerprint density at radius 1 is 1.00 bits per heavy atom. The summed E-state index contributed by atoms with van der Waals surface area (Å²) in [6.07, 6.45) is 4.07. The highest BCUT2D eigenvalue weighted by Crippen LogP contribution is 2.30. The highest BCUT2D eigenvalue weighted by Gasteiger charge is 2.29. The van der Waals surface area contributed by atoms with Gasteiger partial charge in [-0.15, -0.1) is 0 Å². The maximum Gasteiger partial charge on any atom is 0.224 e. The van der Waals surface area contributed by atoms with Crippen LogP contribution in [0.3, 0.4) is 0 Å². The molecule has 1 aliphatic rings. The van der Waals surface area contributed by atoms with E-state index in [0.717, 1.165) is 49.3 Å². The van der Waals surface area contributed by atoms with Crippen LogP contribution in [0.2, 0.25) is 0 Å². The van der Waals surface area contributed by atoms with Crippen molar-refractivity contribution in [3.63, 3.8) is 0 Å². The lowest BCUT2D eigenvalue weighted by Crippen LogP contribution is -2.41. The van der Waals surface area contributed by atoms with E-state index in [1.807, 2.05) is 54.6 Å². The number of nitrogens with one attached hydrogen (secondary N) is 1. The van der Waals surface area contributed by atoms with Crippen LogP contribution in [0.15, 0.2) is 79.0 Å². The highest BCUT2D eigenvalue weighted by molar-refractivity contribution is 5.79. The van der Waals surface area contributed by atoms with Crippen molar-refractivity contribution in [2.45, 2.75) is 31.8 Å². The first-order valence-corrected chi connectivity index (χ1v) is 10.9. The number of aromatic nitrogens is 1. The molecule has 1 aromatic heterocycles. The van der Waals surface area contributed by atoms with Crippen LogP contribution in [-0.2, 0) is 17.8 Å². The minimum Gasteiger partial charge on any atom is -0.347 e. The summed E-state index contributed by atoms with van der Waals surface area (Å²) in [6, 6.07) is 22.4. The summed E-state index contributed by atoms with van der Waals surface area (Å²) < 4.78 is 13.5. The summed E-state index contributed by atoms with van der Waals surface area (Å²) >= 11 is 0. The Hall–Kier alpha value is -3.05. The fourth-order valence-corrected chi connectivity index (χ4v) is 4.34. The van der Waals surface area contributed by atoms with Crippen molar-refractivity contribution in [1.82, 2.24) is 15.2 Å². The molecule has 0 spiro atoms. The quantitative estimate of drug-likeness (QED) is 0.614. The molecule has 2 heterocycles. The van der Waals surface area contributed by atoms with Gasteiger partial charge in [-0.05, 0) is 67.2 Å². The third kappa shape index (κ3) is 5.98. The van der Waals surface area contributed by atoms with E-state index < -0.39 is 0 Å². The summed E-state index contributed by atoms with van der Waals surface area (Å²) in [6.45, 7) is 2.58. The van der Waals surface area contributed by atoms with Gasteiger partial charge in [0.25, 0.3) is 0 Å². The molecule has 31 heavy (non-hydrogen) atoms. The van der Waals surface area contributed by atoms with Crippen LogP contribution in [0, 0.1) is 11.7 Å². The van der Waals surface area contributed by atoms with E-state index in [-0.39, 0.29) is 17.8 Å². The lowest BCUT2D eigenvalue weighted by atomic mass is 9.87. The van der Waals surface area contributed by atoms with Crippen molar-refractivity contribution in [3.05, 3.63) is 102 Å². The highest BCUT2D eigenvalue weighted by atomic mass is 19.1. The number of pyridine rings is 1. The molecule has 1 aliphatic heterocycles. The molecule has 1 fully saturated rings. The van der Waals surface area contributed by atoms with Gasteiger partial charge in [-0.3, -0.25) is 14.7 Å². The zero-order valence-corrected chi connectivity index (χ0v) is 17.6. The van der Waals surface area contributed by atoms with Gasteiger partial charge in [0.15, 0.2) is 0 Å². The van der Waals surface area contributed by atoms with E-state index in [2.05, 4.69) is 15.2 Å². The van der Waals surface area contributed by atoms with Gasteiger partial charge in [0.05, 0.1) is 18.2 Å². The zero-order chi connectivity index (χ0) is 21.5. The van der Waals surface area contributed by atoms with Crippen molar-refractivity contribution in [3.8, 4) is 0 Å². The van der Waals surface area contributed by atoms with Gasteiger partial charge in [0.2, 0.25) is 5.91 Å². The molecular formula is C26H28FN3O. The van der Waals surface area contributed by atoms with Gasteiger partial charge in [-0.1, -0.05) is 48.5 Å². The van der Waals surface area contributed by atoms with E-state index in [4.69, 9.17) is 0 Å². The summed E-state index contributed by atoms with van der Waals surface area (Å²) in [5.74, 6) is 0.145. The molecule has 1 N–H and O–H groups in total. The summed E-state index contributed by atoms with van der Waals surface area (Å²) in [5.41, 5.74) is 2.91. The Labute approximate surface area is 183 Å². The third-order valence-corrected chi connectivity index (χ3v) is 5.93. The number of amides is 1. The van der Waals surface area contributed by atoms with Crippen LogP contribution in [0.5, 0.6) is 0 Å². The second-order valence-electron chi connectivity index (χ2n) is 8.21. The maximum atomic E-state index is 13.5. The van der Waals surface area contributed by atoms with Crippen molar-refractivity contribution < 1.29 is 9.18 Å². The maximum absolute atomic E-state index is 13.5. The molecule has 3 aromatic rings. The van der Waals surface area contributed by atoms with Crippen LogP contribution in [0.1, 0.15) is 35.7 Å². The van der Waals surface area contributed by atoms with Crippen molar-refractivity contribution >= 4 is 5.91 Å². The summed E-state index contributed by atoms with van der Waals surface area (Å²) in [4.78, 5) is 19.7. The molecule has 0 aliphatic carbocycles. The fraction of sp³-hybridized carbons (Fsp3) is 0.308. The molecule has 0 saturated carbocycles. The molecule has 1 saturated heterocycles. The number of nitrogens with zero attached hydrogens (tertiary/aromatic N) is 2. The standard InChI is InChI=1S/C26H28FN3O/c27-23-10-6-9-21(17-23)19-30-15-12-22(13-16-30)26(24-11-4-5-14-28-24)29-25(31)18-20-7-2-1-3-8-20/h1-11,14,17,22,26H,12-13,15-16,18-19H2,(H,29,31). The molecule has 1 amide bonds. The van der Waals surface area contributed by atoms with Gasteiger partial charge in [0.1, 0.15) is 5.82 Å². The second kappa shape index (κ2) is 10.3. The largest absolute Gasteiger partial charge is 0.347 e. The number of likely N-dealkylation sites (tertiary alicyclic amines) is 1. The van der Waals surface area contributed by atoms with Gasteiger partial charge < -0.3 is 5.32 Å². The molecule has 0 bridgehead atoms. The summed E-state index contributed by atoms with van der Waals surface area (Å²) in [7, 11) is 0. The zero-order valence-electron chi connectivity index (χ0n) is 17.6. The fourth-order valence-electron chi connectivity index (χ4n) is 4.34. The SMILES string of the molecule is O=C(Cc1ccccc1)NC(c1ccccn1)C1CCN(Cc2cccc(F)c2)CC1. The lowest BCUT2D eigenvalue weighted by Gasteiger charge is -2.36. The van der Waals surface area contributed by atoms with E-state index in [0.29, 0.717) is 12.3 Å². The number of carbonyl (C=O) groups excluding carboxylic acids is 1. The Kier molecular flexibility index (Phi) is 7.05. The molecule has 5 heteroatoms. The molecule has 0 radical (unpaired) electrons. The number of piperidine rings is 1. The van der Waals surface area contributed by atoms with E-state index in [1.54, 1.807) is 18.3 Å². The number of carbonyl (C=O) groups is 1. The molecule has 4 rings (SSSR count). The minimum absolute atomic E-state index is 0.0176. The molecule has 4 nitrogen and oxygen atoms in total. The molecule has 1 atom stereocenters. The van der Waals surface area contributed by atoms with Gasteiger partial charge in [-0.25, -0.2) is 4.39 Å². The van der Waals surface area contributed by atoms with Gasteiger partial charge >= 0.3 is 0 Å². The van der Waals surface area contributed by atoms with Crippen LogP contribution in [0.4, 0.5) is 4.39 Å². The number of hydrogen-bond acceptors (Lipinski definition) is 3. The smallest absolute Gasteiger partial charge is 0.224 e. The third-order valence-electron chi connectivity index (χ3n) is 5.93. The van der Waals surface area contributed by atoms with Crippen LogP contribution >= 0.6 is 0 Å². The molecular weight excluding hydrogens is 389 g/mol. The monoisotopic (exact) mass is 417 g/mol. The van der Waals surface area contributed by atoms with E-state index in [1.165, 1.54) is 6.07 Å². The number of hydrogen-bond donors (Lipinski definition) is 1.